The molecule has 0 aromatic heterocycles. The number of ether oxygens (including phenoxy) is 2. The molecule has 5 aliphatic carbocycles. The zero-order chi connectivity index (χ0) is 26.4. The first-order chi connectivity index (χ1) is 17.3. The van der Waals surface area contributed by atoms with Gasteiger partial charge in [-0.2, -0.15) is 0 Å². The van der Waals surface area contributed by atoms with Crippen molar-refractivity contribution in [2.75, 3.05) is 27.2 Å². The summed E-state index contributed by atoms with van der Waals surface area (Å²) >= 11 is 0. The average Bonchev–Trinajstić information content (AvgIpc) is 3.56. The van der Waals surface area contributed by atoms with Gasteiger partial charge in [-0.1, -0.05) is 26.8 Å². The molecule has 4 saturated carbocycles. The van der Waals surface area contributed by atoms with Gasteiger partial charge in [0, 0.05) is 42.8 Å². The van der Waals surface area contributed by atoms with Crippen molar-refractivity contribution < 1.29 is 23.9 Å². The molecule has 5 fully saturated rings. The minimum absolute atomic E-state index is 0.00569. The van der Waals surface area contributed by atoms with Crippen LogP contribution in [0.3, 0.4) is 0 Å². The number of benzene rings is 1. The van der Waals surface area contributed by atoms with Gasteiger partial charge in [0.1, 0.15) is 17.5 Å². The first kappa shape index (κ1) is 24.4. The van der Waals surface area contributed by atoms with Crippen LogP contribution in [-0.4, -0.2) is 66.1 Å². The summed E-state index contributed by atoms with van der Waals surface area (Å²) in [5, 5.41) is 12.3. The van der Waals surface area contributed by atoms with Crippen LogP contribution in [0, 0.1) is 22.7 Å². The number of hydrogen-bond acceptors (Lipinski definition) is 4. The van der Waals surface area contributed by atoms with E-state index >= 15 is 0 Å². The Labute approximate surface area is 221 Å². The van der Waals surface area contributed by atoms with E-state index in [0.29, 0.717) is 11.6 Å². The summed E-state index contributed by atoms with van der Waals surface area (Å²) < 4.78 is 14.8. The fourth-order valence-electron chi connectivity index (χ4n) is 10.5. The number of nitrogens with two attached hydrogens (primary N) is 1. The number of quaternary nitrogens is 1. The molecule has 202 valence electrons. The van der Waals surface area contributed by atoms with Crippen LogP contribution in [0.2, 0.25) is 0 Å². The third-order valence-corrected chi connectivity index (χ3v) is 12.9. The summed E-state index contributed by atoms with van der Waals surface area (Å²) in [6.45, 7) is 10.9. The van der Waals surface area contributed by atoms with E-state index in [1.807, 2.05) is 20.1 Å². The van der Waals surface area contributed by atoms with Crippen LogP contribution >= 0.6 is 0 Å². The van der Waals surface area contributed by atoms with Crippen LogP contribution in [0.4, 0.5) is 0 Å². The van der Waals surface area contributed by atoms with E-state index in [1.54, 1.807) is 0 Å². The third-order valence-electron chi connectivity index (χ3n) is 12.9. The van der Waals surface area contributed by atoms with Crippen LogP contribution in [-0.2, 0) is 16.6 Å². The van der Waals surface area contributed by atoms with Gasteiger partial charge < -0.3 is 24.8 Å². The van der Waals surface area contributed by atoms with Gasteiger partial charge in [-0.15, -0.1) is 0 Å². The fourth-order valence-corrected chi connectivity index (χ4v) is 10.5. The lowest BCUT2D eigenvalue weighted by atomic mass is 9.33. The minimum Gasteiger partial charge on any atom is -0.485 e. The summed E-state index contributed by atoms with van der Waals surface area (Å²) in [6, 6.07) is 4.54. The maximum absolute atomic E-state index is 12.6. The highest BCUT2D eigenvalue weighted by Gasteiger charge is 2.84. The summed E-state index contributed by atoms with van der Waals surface area (Å²) in [5.41, 5.74) is 6.92. The number of hydrogen-bond donors (Lipinski definition) is 2. The molecule has 7 aliphatic rings. The van der Waals surface area contributed by atoms with E-state index in [0.717, 1.165) is 54.8 Å². The Morgan fingerprint density at radius 2 is 1.95 bits per heavy atom. The number of amides is 1. The lowest BCUT2D eigenvalue weighted by Gasteiger charge is -2.75. The molecule has 2 heterocycles. The summed E-state index contributed by atoms with van der Waals surface area (Å²) in [6.07, 6.45) is 7.44. The highest BCUT2D eigenvalue weighted by atomic mass is 16.6. The maximum Gasteiger partial charge on any atom is 0.252 e. The summed E-state index contributed by atoms with van der Waals surface area (Å²) in [7, 11) is 4.34. The Morgan fingerprint density at radius 1 is 1.22 bits per heavy atom. The van der Waals surface area contributed by atoms with E-state index in [2.05, 4.69) is 33.9 Å². The number of likely N-dealkylation sites (N-methyl/N-ethyl adjacent to an activating group) is 1. The molecule has 6 heteroatoms. The minimum atomic E-state index is -0.947. The number of likely N-dealkylation sites (tertiary alicyclic amines) is 1. The molecule has 1 saturated heterocycles. The molecule has 8 atom stereocenters. The number of primary amides is 1. The number of methoxy groups -OCH3 is 1. The molecular weight excluding hydrogens is 464 g/mol. The van der Waals surface area contributed by atoms with E-state index in [-0.39, 0.29) is 28.3 Å². The number of rotatable bonds is 5. The van der Waals surface area contributed by atoms with Crippen LogP contribution in [0.15, 0.2) is 12.1 Å². The second-order valence-electron chi connectivity index (χ2n) is 15.1. The summed E-state index contributed by atoms with van der Waals surface area (Å²) in [5.74, 6) is 1.07. The smallest absolute Gasteiger partial charge is 0.252 e. The van der Waals surface area contributed by atoms with Crippen molar-refractivity contribution in [2.24, 2.45) is 28.4 Å². The largest absolute Gasteiger partial charge is 0.485 e. The van der Waals surface area contributed by atoms with E-state index in [9.17, 15) is 9.90 Å². The normalized spacial score (nSPS) is 44.7. The summed E-state index contributed by atoms with van der Waals surface area (Å²) in [4.78, 5) is 12.6. The number of fused-ring (bicyclic) bond motifs is 2. The monoisotopic (exact) mass is 509 g/mol. The SMILES string of the molecule is CO[C@]12CC[C@@]3(C[C@@H]1C(C)(O)C(C)(C)C)[C@H]1Cc4ccc(C(N)=O)c5c4[C@@]3(CC[N@+]1(C)CC1CC1)[C@H]2O5. The second-order valence-corrected chi connectivity index (χ2v) is 15.1. The van der Waals surface area contributed by atoms with Crippen molar-refractivity contribution in [1.29, 1.82) is 0 Å². The molecule has 6 nitrogen and oxygen atoms in total. The van der Waals surface area contributed by atoms with Crippen LogP contribution in [0.25, 0.3) is 0 Å². The molecular formula is C31H45N2O4+. The number of aliphatic hydroxyl groups is 1. The van der Waals surface area contributed by atoms with Crippen molar-refractivity contribution in [2.45, 2.75) is 101 Å². The molecule has 1 amide bonds. The highest BCUT2D eigenvalue weighted by Crippen LogP contribution is 2.78. The van der Waals surface area contributed by atoms with Gasteiger partial charge in [-0.3, -0.25) is 4.79 Å². The van der Waals surface area contributed by atoms with Crippen molar-refractivity contribution in [3.05, 3.63) is 28.8 Å². The zero-order valence-electron chi connectivity index (χ0n) is 23.5. The molecule has 1 unspecified atom stereocenters. The molecule has 4 bridgehead atoms. The Morgan fingerprint density at radius 3 is 2.57 bits per heavy atom. The number of piperidine rings is 1. The molecule has 2 aliphatic heterocycles. The van der Waals surface area contributed by atoms with Gasteiger partial charge in [-0.05, 0) is 56.1 Å². The topological polar surface area (TPSA) is 81.8 Å². The number of carbonyl (C=O) groups excluding carboxylic acids is 1. The van der Waals surface area contributed by atoms with Gasteiger partial charge >= 0.3 is 0 Å². The van der Waals surface area contributed by atoms with E-state index in [1.165, 1.54) is 30.5 Å². The van der Waals surface area contributed by atoms with Crippen molar-refractivity contribution in [3.63, 3.8) is 0 Å². The Balaban J connectivity index is 1.51. The predicted octanol–water partition coefficient (Wildman–Crippen LogP) is 3.95. The first-order valence-corrected chi connectivity index (χ1v) is 14.5. The highest BCUT2D eigenvalue weighted by molar-refractivity contribution is 5.97. The zero-order valence-corrected chi connectivity index (χ0v) is 23.5. The van der Waals surface area contributed by atoms with Crippen molar-refractivity contribution >= 4 is 5.91 Å². The van der Waals surface area contributed by atoms with Gasteiger partial charge in [0.2, 0.25) is 0 Å². The standard InChI is InChI=1S/C31H44N2O4/c1-27(2,3)28(4,35)21-16-29-11-12-31(21,36-6)26-30(29)13-14-33(5,17-18-7-8-18)22(29)15-19-9-10-20(25(32)34)24(37-26)23(19)30/h9-10,18,21-22,26,35H,7-8,11-17H2,1-6H3,(H-,32,34)/p+1/t21-,22-,26-,28?,29-,30+,31-,33-/m1/s1. The molecule has 37 heavy (non-hydrogen) atoms. The quantitative estimate of drug-likeness (QED) is 0.589. The van der Waals surface area contributed by atoms with Gasteiger partial charge in [0.25, 0.3) is 5.91 Å². The second kappa shape index (κ2) is 6.92. The molecule has 1 aromatic carbocycles. The lowest BCUT2D eigenvalue weighted by molar-refractivity contribution is -0.952. The van der Waals surface area contributed by atoms with Crippen molar-refractivity contribution in [1.82, 2.24) is 0 Å². The predicted molar refractivity (Wildman–Crippen MR) is 141 cm³/mol. The van der Waals surface area contributed by atoms with E-state index < -0.39 is 17.1 Å². The Bertz CT molecular complexity index is 1200. The Hall–Kier alpha value is -1.63. The van der Waals surface area contributed by atoms with Crippen LogP contribution in [0.1, 0.15) is 87.7 Å². The lowest BCUT2D eigenvalue weighted by Crippen LogP contribution is -2.85. The number of carbonyl (C=O) groups is 1. The third kappa shape index (κ3) is 2.61. The Kier molecular flexibility index (Phi) is 4.57. The average molecular weight is 510 g/mol. The molecule has 3 N–H and O–H groups in total. The first-order valence-electron chi connectivity index (χ1n) is 14.5. The van der Waals surface area contributed by atoms with Crippen LogP contribution in [0.5, 0.6) is 5.75 Å². The number of nitrogens with zero attached hydrogens (tertiary/aromatic N) is 1. The van der Waals surface area contributed by atoms with Crippen molar-refractivity contribution in [3.8, 4) is 5.75 Å². The van der Waals surface area contributed by atoms with Gasteiger partial charge in [0.15, 0.2) is 0 Å². The van der Waals surface area contributed by atoms with Gasteiger partial charge in [-0.25, -0.2) is 0 Å². The molecule has 2 spiro atoms. The fraction of sp³-hybridized carbons (Fsp3) is 0.774. The van der Waals surface area contributed by atoms with E-state index in [4.69, 9.17) is 15.2 Å². The molecule has 1 aromatic rings. The molecule has 0 radical (unpaired) electrons. The van der Waals surface area contributed by atoms with Gasteiger partial charge in [0.05, 0.1) is 42.8 Å². The maximum atomic E-state index is 12.6. The van der Waals surface area contributed by atoms with Crippen LogP contribution < -0.4 is 10.5 Å². The molecule has 8 rings (SSSR count).